The molecule has 28 heavy (non-hydrogen) atoms. The molecule has 0 aliphatic heterocycles. The summed E-state index contributed by atoms with van der Waals surface area (Å²) in [5, 5.41) is 18.9. The predicted octanol–water partition coefficient (Wildman–Crippen LogP) is 4.19. The quantitative estimate of drug-likeness (QED) is 0.377. The summed E-state index contributed by atoms with van der Waals surface area (Å²) < 4.78 is 1.74. The molecule has 1 aromatic carbocycles. The highest BCUT2D eigenvalue weighted by molar-refractivity contribution is 7.15. The molecule has 0 radical (unpaired) electrons. The van der Waals surface area contributed by atoms with Crippen molar-refractivity contribution in [2.24, 2.45) is 0 Å². The summed E-state index contributed by atoms with van der Waals surface area (Å²) in [6.07, 6.45) is 5.34. The van der Waals surface area contributed by atoms with Crippen molar-refractivity contribution in [1.82, 2.24) is 20.1 Å². The van der Waals surface area contributed by atoms with E-state index in [0.717, 1.165) is 21.1 Å². The fourth-order valence-corrected chi connectivity index (χ4v) is 3.96. The van der Waals surface area contributed by atoms with Crippen molar-refractivity contribution in [3.63, 3.8) is 0 Å². The van der Waals surface area contributed by atoms with E-state index in [1.807, 2.05) is 42.6 Å². The number of benzene rings is 1. The van der Waals surface area contributed by atoms with Crippen molar-refractivity contribution in [3.8, 4) is 16.3 Å². The number of nitrogens with one attached hydrogen (secondary N) is 1. The lowest BCUT2D eigenvalue weighted by molar-refractivity contribution is -0.384. The number of pyridine rings is 1. The van der Waals surface area contributed by atoms with Gasteiger partial charge in [-0.05, 0) is 30.3 Å². The molecule has 0 amide bonds. The highest BCUT2D eigenvalue weighted by Crippen LogP contribution is 2.34. The highest BCUT2D eigenvalue weighted by Gasteiger charge is 2.15. The predicted molar refractivity (Wildman–Crippen MR) is 108 cm³/mol. The molecule has 4 aromatic rings. The van der Waals surface area contributed by atoms with Crippen LogP contribution in [-0.2, 0) is 13.1 Å². The largest absolute Gasteiger partial charge is 0.308 e. The summed E-state index contributed by atoms with van der Waals surface area (Å²) in [6, 6.07) is 16.5. The Morgan fingerprint density at radius 2 is 1.93 bits per heavy atom. The number of nitrogens with zero attached hydrogens (tertiary/aromatic N) is 4. The van der Waals surface area contributed by atoms with E-state index >= 15 is 0 Å². The number of hydrogen-bond donors (Lipinski definition) is 1. The van der Waals surface area contributed by atoms with Gasteiger partial charge in [-0.2, -0.15) is 5.10 Å². The third-order valence-corrected chi connectivity index (χ3v) is 5.35. The number of para-hydroxylation sites is 1. The first-order chi connectivity index (χ1) is 13.7. The van der Waals surface area contributed by atoms with Crippen LogP contribution < -0.4 is 5.32 Å². The molecule has 0 aliphatic rings. The molecule has 0 saturated carbocycles. The minimum Gasteiger partial charge on any atom is -0.308 e. The first-order valence-electron chi connectivity index (χ1n) is 8.69. The van der Waals surface area contributed by atoms with Crippen molar-refractivity contribution in [2.75, 3.05) is 0 Å². The topological polar surface area (TPSA) is 85.9 Å². The monoisotopic (exact) mass is 391 g/mol. The lowest BCUT2D eigenvalue weighted by atomic mass is 10.1. The molecule has 3 aromatic heterocycles. The molecule has 1 N–H and O–H groups in total. The zero-order chi connectivity index (χ0) is 19.3. The Labute approximate surface area is 165 Å². The van der Waals surface area contributed by atoms with Gasteiger partial charge in [-0.1, -0.05) is 18.2 Å². The van der Waals surface area contributed by atoms with Crippen LogP contribution in [-0.4, -0.2) is 19.7 Å². The summed E-state index contributed by atoms with van der Waals surface area (Å²) in [6.45, 7) is 1.31. The molecule has 140 valence electrons. The van der Waals surface area contributed by atoms with Crippen molar-refractivity contribution in [2.45, 2.75) is 13.1 Å². The molecular formula is C20H17N5O2S. The van der Waals surface area contributed by atoms with Gasteiger partial charge in [0.25, 0.3) is 5.69 Å². The van der Waals surface area contributed by atoms with E-state index in [9.17, 15) is 10.1 Å². The number of hydrogen-bond acceptors (Lipinski definition) is 6. The van der Waals surface area contributed by atoms with Crippen LogP contribution in [0.3, 0.4) is 0 Å². The van der Waals surface area contributed by atoms with Crippen molar-refractivity contribution in [1.29, 1.82) is 0 Å². The summed E-state index contributed by atoms with van der Waals surface area (Å²) in [5.74, 6) is 0.798. The minimum atomic E-state index is -0.341. The van der Waals surface area contributed by atoms with Gasteiger partial charge in [0.1, 0.15) is 0 Å². The maximum absolute atomic E-state index is 11.2. The van der Waals surface area contributed by atoms with Crippen LogP contribution in [0.1, 0.15) is 10.4 Å². The van der Waals surface area contributed by atoms with Crippen molar-refractivity contribution < 1.29 is 4.92 Å². The van der Waals surface area contributed by atoms with Gasteiger partial charge in [-0.25, -0.2) is 9.67 Å². The van der Waals surface area contributed by atoms with Crippen LogP contribution in [0.2, 0.25) is 0 Å². The molecule has 0 fully saturated rings. The SMILES string of the molecule is O=[N+]([O-])c1ccccc1-c1ccc(CNCc2cccnc2-n2cccn2)s1. The molecule has 0 aliphatic carbocycles. The Bertz CT molecular complexity index is 1090. The Kier molecular flexibility index (Phi) is 5.22. The minimum absolute atomic E-state index is 0.128. The third kappa shape index (κ3) is 3.83. The van der Waals surface area contributed by atoms with Gasteiger partial charge in [0.15, 0.2) is 5.82 Å². The fourth-order valence-electron chi connectivity index (χ4n) is 2.95. The zero-order valence-electron chi connectivity index (χ0n) is 14.9. The molecule has 0 saturated heterocycles. The first-order valence-corrected chi connectivity index (χ1v) is 9.51. The first kappa shape index (κ1) is 18.0. The molecule has 0 atom stereocenters. The van der Waals surface area contributed by atoms with E-state index in [4.69, 9.17) is 0 Å². The van der Waals surface area contributed by atoms with Gasteiger partial charge < -0.3 is 5.32 Å². The second-order valence-corrected chi connectivity index (χ2v) is 7.25. The normalized spacial score (nSPS) is 10.9. The maximum Gasteiger partial charge on any atom is 0.278 e. The van der Waals surface area contributed by atoms with E-state index in [1.54, 1.807) is 40.5 Å². The standard InChI is InChI=1S/C20H17N5O2S/c26-25(27)18-7-2-1-6-17(18)19-9-8-16(28-19)14-21-13-15-5-3-10-22-20(15)24-12-4-11-23-24/h1-12,21H,13-14H2. The average Bonchev–Trinajstić information content (AvgIpc) is 3.41. The fraction of sp³-hybridized carbons (Fsp3) is 0.100. The molecule has 0 bridgehead atoms. The smallest absolute Gasteiger partial charge is 0.278 e. The summed E-state index contributed by atoms with van der Waals surface area (Å²) in [5.41, 5.74) is 1.82. The maximum atomic E-state index is 11.2. The zero-order valence-corrected chi connectivity index (χ0v) is 15.7. The summed E-state index contributed by atoms with van der Waals surface area (Å²) in [7, 11) is 0. The van der Waals surface area contributed by atoms with Crippen LogP contribution in [0.4, 0.5) is 5.69 Å². The molecule has 7 nitrogen and oxygen atoms in total. The molecule has 0 unspecified atom stereocenters. The highest BCUT2D eigenvalue weighted by atomic mass is 32.1. The lowest BCUT2D eigenvalue weighted by Crippen LogP contribution is -2.14. The average molecular weight is 391 g/mol. The van der Waals surface area contributed by atoms with E-state index in [0.29, 0.717) is 18.7 Å². The number of aromatic nitrogens is 3. The molecule has 4 rings (SSSR count). The number of rotatable bonds is 7. The van der Waals surface area contributed by atoms with Gasteiger partial charge in [0.05, 0.1) is 10.5 Å². The van der Waals surface area contributed by atoms with Crippen LogP contribution in [0.15, 0.2) is 73.2 Å². The van der Waals surface area contributed by atoms with E-state index in [1.165, 1.54) is 6.07 Å². The summed E-state index contributed by atoms with van der Waals surface area (Å²) >= 11 is 1.55. The van der Waals surface area contributed by atoms with Gasteiger partial charge in [0.2, 0.25) is 0 Å². The van der Waals surface area contributed by atoms with Gasteiger partial charge in [-0.15, -0.1) is 11.3 Å². The molecule has 3 heterocycles. The summed E-state index contributed by atoms with van der Waals surface area (Å²) in [4.78, 5) is 17.3. The Hall–Kier alpha value is -3.36. The van der Waals surface area contributed by atoms with Crippen LogP contribution in [0.25, 0.3) is 16.3 Å². The molecule has 0 spiro atoms. The number of thiophene rings is 1. The van der Waals surface area contributed by atoms with Crippen molar-refractivity contribution >= 4 is 17.0 Å². The van der Waals surface area contributed by atoms with E-state index < -0.39 is 0 Å². The van der Waals surface area contributed by atoms with Crippen LogP contribution >= 0.6 is 11.3 Å². The van der Waals surface area contributed by atoms with Crippen molar-refractivity contribution in [3.05, 3.63) is 93.7 Å². The lowest BCUT2D eigenvalue weighted by Gasteiger charge is -2.09. The molecule has 8 heteroatoms. The number of nitro benzene ring substituents is 1. The Morgan fingerprint density at radius 3 is 2.75 bits per heavy atom. The van der Waals surface area contributed by atoms with Crippen LogP contribution in [0.5, 0.6) is 0 Å². The second kappa shape index (κ2) is 8.12. The third-order valence-electron chi connectivity index (χ3n) is 4.23. The number of nitro groups is 1. The van der Waals surface area contributed by atoms with Gasteiger partial charge in [-0.3, -0.25) is 10.1 Å². The molecular weight excluding hydrogens is 374 g/mol. The Morgan fingerprint density at radius 1 is 1.04 bits per heavy atom. The van der Waals surface area contributed by atoms with Crippen LogP contribution in [0, 0.1) is 10.1 Å². The Balaban J connectivity index is 1.45. The second-order valence-electron chi connectivity index (χ2n) is 6.08. The van der Waals surface area contributed by atoms with E-state index in [-0.39, 0.29) is 10.6 Å². The van der Waals surface area contributed by atoms with E-state index in [2.05, 4.69) is 15.4 Å². The van der Waals surface area contributed by atoms with Gasteiger partial charge in [0, 0.05) is 53.1 Å². The van der Waals surface area contributed by atoms with Gasteiger partial charge >= 0.3 is 0 Å².